The van der Waals surface area contributed by atoms with Crippen molar-refractivity contribution in [2.45, 2.75) is 24.9 Å². The number of fused-ring (bicyclic) bond motifs is 2. The van der Waals surface area contributed by atoms with E-state index in [2.05, 4.69) is 4.98 Å². The van der Waals surface area contributed by atoms with Crippen molar-refractivity contribution < 1.29 is 24.5 Å². The van der Waals surface area contributed by atoms with Gasteiger partial charge in [-0.3, -0.25) is 4.79 Å². The van der Waals surface area contributed by atoms with Crippen LogP contribution in [0.15, 0.2) is 24.4 Å². The maximum Gasteiger partial charge on any atom is 0.345 e. The number of ether oxygens (including phenoxy) is 1. The van der Waals surface area contributed by atoms with Crippen molar-refractivity contribution in [3.8, 4) is 5.75 Å². The Labute approximate surface area is 153 Å². The van der Waals surface area contributed by atoms with Crippen LogP contribution in [-0.2, 0) is 16.8 Å². The molecule has 2 aromatic rings. The summed E-state index contributed by atoms with van der Waals surface area (Å²) in [4.78, 5) is 31.0. The van der Waals surface area contributed by atoms with E-state index in [1.165, 1.54) is 23.6 Å². The molecule has 1 spiro atoms. The van der Waals surface area contributed by atoms with E-state index in [1.807, 2.05) is 0 Å². The zero-order valence-corrected chi connectivity index (χ0v) is 14.8. The predicted molar refractivity (Wildman–Crippen MR) is 93.7 cm³/mol. The molecule has 1 saturated heterocycles. The fourth-order valence-corrected chi connectivity index (χ4v) is 4.79. The van der Waals surface area contributed by atoms with Gasteiger partial charge in [0.15, 0.2) is 5.69 Å². The van der Waals surface area contributed by atoms with Crippen molar-refractivity contribution in [2.75, 3.05) is 19.7 Å². The number of pyridine rings is 1. The summed E-state index contributed by atoms with van der Waals surface area (Å²) in [5.74, 6) is -1.35. The van der Waals surface area contributed by atoms with Crippen LogP contribution in [0.2, 0.25) is 0 Å². The van der Waals surface area contributed by atoms with Crippen molar-refractivity contribution in [3.05, 3.63) is 45.4 Å². The molecule has 0 aromatic carbocycles. The van der Waals surface area contributed by atoms with Crippen LogP contribution in [0.1, 0.15) is 43.4 Å². The first-order valence-electron chi connectivity index (χ1n) is 8.44. The number of aromatic hydroxyl groups is 1. The van der Waals surface area contributed by atoms with Crippen molar-refractivity contribution >= 4 is 23.2 Å². The van der Waals surface area contributed by atoms with Gasteiger partial charge in [-0.25, -0.2) is 9.78 Å². The summed E-state index contributed by atoms with van der Waals surface area (Å²) >= 11 is 1.31. The molecule has 0 bridgehead atoms. The van der Waals surface area contributed by atoms with E-state index in [0.717, 1.165) is 16.9 Å². The topological polar surface area (TPSA) is 100.0 Å². The second-order valence-electron chi connectivity index (χ2n) is 6.51. The lowest BCUT2D eigenvalue weighted by Crippen LogP contribution is -2.48. The first-order valence-corrected chi connectivity index (χ1v) is 9.25. The molecule has 136 valence electrons. The lowest BCUT2D eigenvalue weighted by molar-refractivity contribution is -0.0927. The molecule has 8 heteroatoms. The molecule has 1 fully saturated rings. The highest BCUT2D eigenvalue weighted by Crippen LogP contribution is 2.44. The van der Waals surface area contributed by atoms with E-state index in [-0.39, 0.29) is 17.4 Å². The number of thiophene rings is 1. The fraction of sp³-hybridized carbons (Fsp3) is 0.389. The third-order valence-corrected chi connectivity index (χ3v) is 6.25. The summed E-state index contributed by atoms with van der Waals surface area (Å²) < 4.78 is 6.09. The number of carbonyl (C=O) groups excluding carboxylic acids is 1. The van der Waals surface area contributed by atoms with Crippen LogP contribution < -0.4 is 0 Å². The van der Waals surface area contributed by atoms with Crippen LogP contribution in [0.5, 0.6) is 5.75 Å². The highest BCUT2D eigenvalue weighted by Gasteiger charge is 2.43. The van der Waals surface area contributed by atoms with Crippen LogP contribution in [-0.4, -0.2) is 51.7 Å². The number of carbonyl (C=O) groups is 2. The number of likely N-dealkylation sites (tertiary alicyclic amines) is 1. The molecule has 0 aliphatic carbocycles. The SMILES string of the molecule is O=C(O)c1cc2c(s1)CCOC21CCN(C(=O)c2ncccc2O)CC1. The molecule has 4 heterocycles. The van der Waals surface area contributed by atoms with Crippen molar-refractivity contribution in [2.24, 2.45) is 0 Å². The van der Waals surface area contributed by atoms with Gasteiger partial charge < -0.3 is 19.8 Å². The van der Waals surface area contributed by atoms with E-state index < -0.39 is 11.6 Å². The Balaban J connectivity index is 1.55. The standard InChI is InChI=1S/C18H18N2O5S/c21-12-2-1-6-19-15(12)16(22)20-7-4-18(5-8-20)11-10-14(17(23)24)26-13(11)3-9-25-18/h1-2,6,10,21H,3-5,7-9H2,(H,23,24). The van der Waals surface area contributed by atoms with Gasteiger partial charge >= 0.3 is 5.97 Å². The van der Waals surface area contributed by atoms with Gasteiger partial charge in [-0.05, 0) is 36.6 Å². The molecule has 2 N–H and O–H groups in total. The zero-order valence-electron chi connectivity index (χ0n) is 14.0. The van der Waals surface area contributed by atoms with Crippen molar-refractivity contribution in [3.63, 3.8) is 0 Å². The molecular weight excluding hydrogens is 356 g/mol. The van der Waals surface area contributed by atoms with Crippen molar-refractivity contribution in [1.82, 2.24) is 9.88 Å². The highest BCUT2D eigenvalue weighted by molar-refractivity contribution is 7.14. The molecule has 2 aliphatic rings. The van der Waals surface area contributed by atoms with Gasteiger partial charge in [0.25, 0.3) is 5.91 Å². The Bertz CT molecular complexity index is 870. The smallest absolute Gasteiger partial charge is 0.345 e. The summed E-state index contributed by atoms with van der Waals surface area (Å²) in [5, 5.41) is 19.1. The molecule has 0 radical (unpaired) electrons. The van der Waals surface area contributed by atoms with Crippen LogP contribution in [0.3, 0.4) is 0 Å². The van der Waals surface area contributed by atoms with E-state index >= 15 is 0 Å². The Morgan fingerprint density at radius 1 is 1.31 bits per heavy atom. The maximum absolute atomic E-state index is 12.6. The average Bonchev–Trinajstić information content (AvgIpc) is 3.09. The summed E-state index contributed by atoms with van der Waals surface area (Å²) in [6, 6.07) is 4.75. The number of nitrogens with zero attached hydrogens (tertiary/aromatic N) is 2. The number of piperidine rings is 1. The van der Waals surface area contributed by atoms with Gasteiger partial charge in [0.1, 0.15) is 10.6 Å². The van der Waals surface area contributed by atoms with Crippen molar-refractivity contribution in [1.29, 1.82) is 0 Å². The quantitative estimate of drug-likeness (QED) is 0.836. The monoisotopic (exact) mass is 374 g/mol. The second kappa shape index (κ2) is 6.37. The lowest BCUT2D eigenvalue weighted by atomic mass is 9.82. The summed E-state index contributed by atoms with van der Waals surface area (Å²) in [7, 11) is 0. The third-order valence-electron chi connectivity index (χ3n) is 5.07. The van der Waals surface area contributed by atoms with Gasteiger partial charge in [-0.1, -0.05) is 0 Å². The highest BCUT2D eigenvalue weighted by atomic mass is 32.1. The number of aromatic carboxylic acids is 1. The number of carboxylic acids is 1. The van der Waals surface area contributed by atoms with Gasteiger partial charge in [0.2, 0.25) is 0 Å². The minimum Gasteiger partial charge on any atom is -0.505 e. The largest absolute Gasteiger partial charge is 0.505 e. The Kier molecular flexibility index (Phi) is 4.16. The molecule has 2 aliphatic heterocycles. The van der Waals surface area contributed by atoms with Gasteiger partial charge in [0, 0.05) is 30.6 Å². The lowest BCUT2D eigenvalue weighted by Gasteiger charge is -2.44. The molecule has 1 amide bonds. The van der Waals surface area contributed by atoms with E-state index in [9.17, 15) is 19.8 Å². The zero-order chi connectivity index (χ0) is 18.3. The number of hydrogen-bond donors (Lipinski definition) is 2. The normalized spacial score (nSPS) is 18.5. The number of rotatable bonds is 2. The second-order valence-corrected chi connectivity index (χ2v) is 7.65. The molecule has 2 aromatic heterocycles. The average molecular weight is 374 g/mol. The summed E-state index contributed by atoms with van der Waals surface area (Å²) in [5.41, 5.74) is 0.483. The van der Waals surface area contributed by atoms with Gasteiger partial charge in [-0.2, -0.15) is 0 Å². The Morgan fingerprint density at radius 3 is 2.77 bits per heavy atom. The molecule has 7 nitrogen and oxygen atoms in total. The van der Waals surface area contributed by atoms with Gasteiger partial charge in [0.05, 0.1) is 12.2 Å². The molecule has 0 atom stereocenters. The third kappa shape index (κ3) is 2.75. The van der Waals surface area contributed by atoms with E-state index in [0.29, 0.717) is 37.4 Å². The van der Waals surface area contributed by atoms with E-state index in [4.69, 9.17) is 4.74 Å². The molecule has 0 saturated carbocycles. The first-order chi connectivity index (χ1) is 12.5. The summed E-state index contributed by atoms with van der Waals surface area (Å²) in [6.07, 6.45) is 3.39. The van der Waals surface area contributed by atoms with Crippen LogP contribution in [0.4, 0.5) is 0 Å². The first kappa shape index (κ1) is 17.0. The summed E-state index contributed by atoms with van der Waals surface area (Å²) in [6.45, 7) is 1.49. The maximum atomic E-state index is 12.6. The number of aromatic nitrogens is 1. The van der Waals surface area contributed by atoms with Gasteiger partial charge in [-0.15, -0.1) is 11.3 Å². The van der Waals surface area contributed by atoms with Crippen LogP contribution >= 0.6 is 11.3 Å². The van der Waals surface area contributed by atoms with Crippen LogP contribution in [0.25, 0.3) is 0 Å². The molecule has 26 heavy (non-hydrogen) atoms. The predicted octanol–water partition coefficient (Wildman–Crippen LogP) is 2.25. The minimum atomic E-state index is -0.919. The molecule has 0 unspecified atom stereocenters. The molecule has 4 rings (SSSR count). The number of carboxylic acid groups (broad SMARTS) is 1. The molecular formula is C18H18N2O5S. The Morgan fingerprint density at radius 2 is 2.08 bits per heavy atom. The number of hydrogen-bond acceptors (Lipinski definition) is 6. The Hall–Kier alpha value is -2.45. The van der Waals surface area contributed by atoms with E-state index in [1.54, 1.807) is 17.0 Å². The number of amides is 1. The minimum absolute atomic E-state index is 0.0531. The van der Waals surface area contributed by atoms with Crippen LogP contribution in [0, 0.1) is 0 Å². The fourth-order valence-electron chi connectivity index (χ4n) is 3.72.